The van der Waals surface area contributed by atoms with Crippen molar-refractivity contribution in [2.24, 2.45) is 0 Å². The van der Waals surface area contributed by atoms with E-state index in [2.05, 4.69) is 4.72 Å². The third-order valence-electron chi connectivity index (χ3n) is 4.64. The Morgan fingerprint density at radius 3 is 2.27 bits per heavy atom. The zero-order valence-corrected chi connectivity index (χ0v) is 19.2. The molecule has 0 aliphatic rings. The summed E-state index contributed by atoms with van der Waals surface area (Å²) in [4.78, 5) is 18.0. The summed E-state index contributed by atoms with van der Waals surface area (Å²) >= 11 is 0. The molecule has 2 rings (SSSR count). The van der Waals surface area contributed by atoms with Crippen molar-refractivity contribution in [1.29, 1.82) is 0 Å². The number of hydrogen-bond acceptors (Lipinski definition) is 4. The molecule has 0 spiro atoms. The number of anilines is 1. The molecule has 1 N–H and O–H groups in total. The lowest BCUT2D eigenvalue weighted by atomic mass is 9.87. The highest BCUT2D eigenvalue weighted by Crippen LogP contribution is 2.30. The summed E-state index contributed by atoms with van der Waals surface area (Å²) in [6.45, 7) is 10.7. The highest BCUT2D eigenvalue weighted by molar-refractivity contribution is 7.92. The third-order valence-corrected chi connectivity index (χ3v) is 5.23. The number of nitrogens with one attached hydrogen (secondary N) is 1. The standard InChI is InChI=1S/C22H29FN2O4S/c1-14-12-17(8-11-21(14)24-30(7,27)28)15(2)25(16(3)26)29-18-9-10-19(20(23)13-18)22(4,5)6/h8-13,15,24H,1-7H3/t15-/m1/s1. The summed E-state index contributed by atoms with van der Waals surface area (Å²) in [6, 6.07) is 9.21. The highest BCUT2D eigenvalue weighted by Gasteiger charge is 2.24. The molecule has 0 bridgehead atoms. The number of benzene rings is 2. The molecule has 0 saturated carbocycles. The molecule has 2 aromatic rings. The molecule has 0 unspecified atom stereocenters. The van der Waals surface area contributed by atoms with Gasteiger partial charge < -0.3 is 4.84 Å². The summed E-state index contributed by atoms with van der Waals surface area (Å²) in [5, 5.41) is 1.17. The van der Waals surface area contributed by atoms with Crippen molar-refractivity contribution >= 4 is 21.6 Å². The van der Waals surface area contributed by atoms with Gasteiger partial charge in [0.15, 0.2) is 5.75 Å². The van der Waals surface area contributed by atoms with Gasteiger partial charge in [-0.15, -0.1) is 0 Å². The van der Waals surface area contributed by atoms with Crippen LogP contribution in [0.25, 0.3) is 0 Å². The summed E-state index contributed by atoms with van der Waals surface area (Å²) in [5.74, 6) is -0.531. The number of amides is 1. The van der Waals surface area contributed by atoms with Gasteiger partial charge in [-0.05, 0) is 48.1 Å². The Balaban J connectivity index is 2.29. The number of sulfonamides is 1. The lowest BCUT2D eigenvalue weighted by molar-refractivity contribution is -0.162. The van der Waals surface area contributed by atoms with Crippen molar-refractivity contribution in [3.63, 3.8) is 0 Å². The number of halogens is 1. The van der Waals surface area contributed by atoms with Crippen LogP contribution in [0, 0.1) is 12.7 Å². The van der Waals surface area contributed by atoms with E-state index in [1.165, 1.54) is 18.1 Å². The van der Waals surface area contributed by atoms with Crippen LogP contribution in [0.1, 0.15) is 57.4 Å². The Kier molecular flexibility index (Phi) is 6.81. The number of aryl methyl sites for hydroxylation is 1. The lowest BCUT2D eigenvalue weighted by Gasteiger charge is -2.28. The average molecular weight is 437 g/mol. The van der Waals surface area contributed by atoms with Crippen molar-refractivity contribution in [3.05, 3.63) is 58.9 Å². The number of rotatable bonds is 6. The first-order chi connectivity index (χ1) is 13.7. The Morgan fingerprint density at radius 2 is 1.80 bits per heavy atom. The summed E-state index contributed by atoms with van der Waals surface area (Å²) in [6.07, 6.45) is 1.08. The largest absolute Gasteiger partial charge is 0.376 e. The van der Waals surface area contributed by atoms with Gasteiger partial charge in [0.1, 0.15) is 5.82 Å². The first-order valence-corrected chi connectivity index (χ1v) is 11.4. The second-order valence-corrected chi connectivity index (χ2v) is 10.2. The molecule has 30 heavy (non-hydrogen) atoms. The topological polar surface area (TPSA) is 75.7 Å². The van der Waals surface area contributed by atoms with Crippen LogP contribution in [0.4, 0.5) is 10.1 Å². The smallest absolute Gasteiger partial charge is 0.252 e. The molecule has 0 aromatic heterocycles. The predicted molar refractivity (Wildman–Crippen MR) is 116 cm³/mol. The first kappa shape index (κ1) is 23.7. The van der Waals surface area contributed by atoms with Crippen LogP contribution in [-0.4, -0.2) is 25.6 Å². The molecular formula is C22H29FN2O4S. The normalized spacial score (nSPS) is 12.9. The van der Waals surface area contributed by atoms with Crippen LogP contribution >= 0.6 is 0 Å². The van der Waals surface area contributed by atoms with Crippen molar-refractivity contribution in [2.45, 2.75) is 53.0 Å². The Bertz CT molecular complexity index is 1050. The van der Waals surface area contributed by atoms with E-state index in [0.29, 0.717) is 16.8 Å². The van der Waals surface area contributed by atoms with Gasteiger partial charge in [-0.25, -0.2) is 12.8 Å². The SMILES string of the molecule is CC(=O)N(Oc1ccc(C(C)(C)C)c(F)c1)[C@H](C)c1ccc(NS(C)(=O)=O)c(C)c1. The van der Waals surface area contributed by atoms with Gasteiger partial charge in [0.25, 0.3) is 5.91 Å². The average Bonchev–Trinajstić information content (AvgIpc) is 2.58. The molecule has 0 aliphatic carbocycles. The van der Waals surface area contributed by atoms with Crippen molar-refractivity contribution in [2.75, 3.05) is 11.0 Å². The van der Waals surface area contributed by atoms with E-state index < -0.39 is 21.9 Å². The van der Waals surface area contributed by atoms with E-state index in [9.17, 15) is 17.6 Å². The Morgan fingerprint density at radius 1 is 1.17 bits per heavy atom. The molecule has 0 fully saturated rings. The van der Waals surface area contributed by atoms with Gasteiger partial charge in [-0.2, -0.15) is 5.06 Å². The van der Waals surface area contributed by atoms with Crippen LogP contribution in [0.3, 0.4) is 0 Å². The van der Waals surface area contributed by atoms with Gasteiger partial charge in [0.05, 0.1) is 18.0 Å². The maximum atomic E-state index is 14.5. The van der Waals surface area contributed by atoms with Crippen molar-refractivity contribution in [1.82, 2.24) is 5.06 Å². The summed E-state index contributed by atoms with van der Waals surface area (Å²) in [7, 11) is -3.40. The van der Waals surface area contributed by atoms with Crippen LogP contribution < -0.4 is 9.56 Å². The third kappa shape index (κ3) is 5.95. The van der Waals surface area contributed by atoms with Crippen molar-refractivity contribution in [3.8, 4) is 5.75 Å². The molecule has 8 heteroatoms. The maximum Gasteiger partial charge on any atom is 0.252 e. The quantitative estimate of drug-likeness (QED) is 0.666. The van der Waals surface area contributed by atoms with E-state index in [-0.39, 0.29) is 17.1 Å². The Hall–Kier alpha value is -2.61. The number of carbonyl (C=O) groups excluding carboxylic acids is 1. The number of hydroxylamine groups is 2. The minimum atomic E-state index is -3.40. The second kappa shape index (κ2) is 8.63. The first-order valence-electron chi connectivity index (χ1n) is 9.55. The van der Waals surface area contributed by atoms with Crippen molar-refractivity contribution < 1.29 is 22.4 Å². The molecule has 2 aromatic carbocycles. The van der Waals surface area contributed by atoms with E-state index in [1.807, 2.05) is 20.8 Å². The van der Waals surface area contributed by atoms with Crippen LogP contribution in [0.15, 0.2) is 36.4 Å². The van der Waals surface area contributed by atoms with Gasteiger partial charge in [0.2, 0.25) is 10.0 Å². The zero-order valence-electron chi connectivity index (χ0n) is 18.4. The predicted octanol–water partition coefficient (Wildman–Crippen LogP) is 4.71. The molecule has 0 aliphatic heterocycles. The monoisotopic (exact) mass is 436 g/mol. The van der Waals surface area contributed by atoms with Crippen LogP contribution in [0.5, 0.6) is 5.75 Å². The fraction of sp³-hybridized carbons (Fsp3) is 0.409. The van der Waals surface area contributed by atoms with E-state index in [0.717, 1.165) is 11.8 Å². The molecule has 0 radical (unpaired) electrons. The number of hydrogen-bond donors (Lipinski definition) is 1. The van der Waals surface area contributed by atoms with Gasteiger partial charge in [0, 0.05) is 13.0 Å². The molecule has 164 valence electrons. The molecule has 6 nitrogen and oxygen atoms in total. The molecular weight excluding hydrogens is 407 g/mol. The van der Waals surface area contributed by atoms with Gasteiger partial charge in [-0.3, -0.25) is 9.52 Å². The highest BCUT2D eigenvalue weighted by atomic mass is 32.2. The summed E-state index contributed by atoms with van der Waals surface area (Å²) < 4.78 is 39.9. The molecule has 0 heterocycles. The second-order valence-electron chi connectivity index (χ2n) is 8.45. The zero-order chi connectivity index (χ0) is 22.9. The van der Waals surface area contributed by atoms with Gasteiger partial charge in [-0.1, -0.05) is 39.0 Å². The van der Waals surface area contributed by atoms with Gasteiger partial charge >= 0.3 is 0 Å². The summed E-state index contributed by atoms with van der Waals surface area (Å²) in [5.41, 5.74) is 2.11. The fourth-order valence-electron chi connectivity index (χ4n) is 3.09. The van der Waals surface area contributed by atoms with E-state index >= 15 is 0 Å². The number of carbonyl (C=O) groups is 1. The van der Waals surface area contributed by atoms with E-state index in [1.54, 1.807) is 44.2 Å². The lowest BCUT2D eigenvalue weighted by Crippen LogP contribution is -2.35. The molecule has 1 amide bonds. The fourth-order valence-corrected chi connectivity index (χ4v) is 3.72. The minimum absolute atomic E-state index is 0.217. The molecule has 0 saturated heterocycles. The van der Waals surface area contributed by atoms with Crippen LogP contribution in [-0.2, 0) is 20.2 Å². The van der Waals surface area contributed by atoms with Crippen LogP contribution in [0.2, 0.25) is 0 Å². The number of nitrogens with zero attached hydrogens (tertiary/aromatic N) is 1. The minimum Gasteiger partial charge on any atom is -0.376 e. The van der Waals surface area contributed by atoms with E-state index in [4.69, 9.17) is 4.84 Å². The Labute approximate surface area is 178 Å². The maximum absolute atomic E-state index is 14.5. The molecule has 1 atom stereocenters.